The van der Waals surface area contributed by atoms with Crippen molar-refractivity contribution in [3.05, 3.63) is 42.5 Å². The molecule has 130 valence electrons. The lowest BCUT2D eigenvalue weighted by atomic mass is 9.49. The molecule has 0 radical (unpaired) electrons. The SMILES string of the molecule is O=C(NCC12CC3CC(CC(C3)C1)C2)Nc1cccc2ccccc12. The third-order valence-electron chi connectivity index (χ3n) is 6.83. The van der Waals surface area contributed by atoms with Gasteiger partial charge in [0, 0.05) is 11.9 Å². The third kappa shape index (κ3) is 2.80. The van der Waals surface area contributed by atoms with Gasteiger partial charge in [0.05, 0.1) is 5.69 Å². The van der Waals surface area contributed by atoms with Crippen molar-refractivity contribution < 1.29 is 4.79 Å². The standard InChI is InChI=1S/C22H26N2O/c25-21(24-20-7-3-5-18-4-1-2-6-19(18)20)23-14-22-11-15-8-16(12-22)10-17(9-15)13-22/h1-7,15-17H,8-14H2,(H2,23,24,25). The van der Waals surface area contributed by atoms with Crippen molar-refractivity contribution in [1.82, 2.24) is 5.32 Å². The Morgan fingerprint density at radius 3 is 2.28 bits per heavy atom. The largest absolute Gasteiger partial charge is 0.337 e. The molecular formula is C22H26N2O. The molecule has 3 nitrogen and oxygen atoms in total. The van der Waals surface area contributed by atoms with Gasteiger partial charge in [0.25, 0.3) is 0 Å². The summed E-state index contributed by atoms with van der Waals surface area (Å²) in [4.78, 5) is 12.5. The second-order valence-electron chi connectivity index (χ2n) is 8.75. The van der Waals surface area contributed by atoms with Gasteiger partial charge in [-0.1, -0.05) is 36.4 Å². The minimum absolute atomic E-state index is 0.0629. The average Bonchev–Trinajstić information content (AvgIpc) is 2.59. The predicted octanol–water partition coefficient (Wildman–Crippen LogP) is 5.18. The first-order chi connectivity index (χ1) is 12.2. The Morgan fingerprint density at radius 1 is 0.920 bits per heavy atom. The molecule has 2 aromatic rings. The fourth-order valence-corrected chi connectivity index (χ4v) is 6.28. The van der Waals surface area contributed by atoms with Crippen molar-refractivity contribution in [3.8, 4) is 0 Å². The van der Waals surface area contributed by atoms with Gasteiger partial charge in [0.1, 0.15) is 0 Å². The molecule has 4 fully saturated rings. The Balaban J connectivity index is 1.27. The number of rotatable bonds is 3. The van der Waals surface area contributed by atoms with Crippen LogP contribution in [0.4, 0.5) is 10.5 Å². The Labute approximate surface area is 149 Å². The minimum atomic E-state index is -0.0629. The molecule has 2 N–H and O–H groups in total. The van der Waals surface area contributed by atoms with Crippen molar-refractivity contribution in [3.63, 3.8) is 0 Å². The van der Waals surface area contributed by atoms with E-state index in [9.17, 15) is 4.79 Å². The summed E-state index contributed by atoms with van der Waals surface area (Å²) in [5.41, 5.74) is 1.27. The molecule has 0 atom stereocenters. The molecule has 25 heavy (non-hydrogen) atoms. The number of urea groups is 1. The zero-order chi connectivity index (χ0) is 16.9. The summed E-state index contributed by atoms with van der Waals surface area (Å²) in [7, 11) is 0. The van der Waals surface area contributed by atoms with Crippen LogP contribution in [-0.4, -0.2) is 12.6 Å². The molecule has 2 amide bonds. The number of nitrogens with one attached hydrogen (secondary N) is 2. The lowest BCUT2D eigenvalue weighted by molar-refractivity contribution is -0.0496. The Hall–Kier alpha value is -2.03. The first-order valence-electron chi connectivity index (χ1n) is 9.72. The number of hydrogen-bond donors (Lipinski definition) is 2. The highest BCUT2D eigenvalue weighted by Gasteiger charge is 2.50. The summed E-state index contributed by atoms with van der Waals surface area (Å²) < 4.78 is 0. The molecule has 0 spiro atoms. The Bertz CT molecular complexity index is 772. The lowest BCUT2D eigenvalue weighted by Crippen LogP contribution is -2.51. The van der Waals surface area contributed by atoms with Gasteiger partial charge in [-0.3, -0.25) is 0 Å². The summed E-state index contributed by atoms with van der Waals surface area (Å²) in [6.07, 6.45) is 8.32. The van der Waals surface area contributed by atoms with Gasteiger partial charge < -0.3 is 10.6 Å². The van der Waals surface area contributed by atoms with Gasteiger partial charge >= 0.3 is 6.03 Å². The fraction of sp³-hybridized carbons (Fsp3) is 0.500. The fourth-order valence-electron chi connectivity index (χ4n) is 6.28. The van der Waals surface area contributed by atoms with Gasteiger partial charge in [-0.05, 0) is 73.1 Å². The van der Waals surface area contributed by atoms with Crippen LogP contribution in [0.3, 0.4) is 0 Å². The highest BCUT2D eigenvalue weighted by molar-refractivity contribution is 6.01. The predicted molar refractivity (Wildman–Crippen MR) is 102 cm³/mol. The van der Waals surface area contributed by atoms with Crippen LogP contribution in [0.5, 0.6) is 0 Å². The van der Waals surface area contributed by atoms with E-state index >= 15 is 0 Å². The van der Waals surface area contributed by atoms with Crippen molar-refractivity contribution in [2.45, 2.75) is 38.5 Å². The van der Waals surface area contributed by atoms with Crippen molar-refractivity contribution >= 4 is 22.5 Å². The maximum Gasteiger partial charge on any atom is 0.319 e. The molecule has 0 saturated heterocycles. The highest BCUT2D eigenvalue weighted by Crippen LogP contribution is 2.59. The van der Waals surface area contributed by atoms with Crippen molar-refractivity contribution in [2.75, 3.05) is 11.9 Å². The number of fused-ring (bicyclic) bond motifs is 1. The molecule has 0 heterocycles. The maximum absolute atomic E-state index is 12.5. The number of amides is 2. The van der Waals surface area contributed by atoms with Crippen LogP contribution in [0.1, 0.15) is 38.5 Å². The third-order valence-corrected chi connectivity index (χ3v) is 6.83. The number of benzene rings is 2. The van der Waals surface area contributed by atoms with E-state index in [4.69, 9.17) is 0 Å². The molecule has 2 aromatic carbocycles. The zero-order valence-corrected chi connectivity index (χ0v) is 14.6. The van der Waals surface area contributed by atoms with Crippen molar-refractivity contribution in [2.24, 2.45) is 23.2 Å². The summed E-state index contributed by atoms with van der Waals surface area (Å²) in [5.74, 6) is 2.78. The van der Waals surface area contributed by atoms with Crippen LogP contribution in [0.2, 0.25) is 0 Å². The number of carbonyl (C=O) groups excluding carboxylic acids is 1. The van der Waals surface area contributed by atoms with Crippen LogP contribution in [0.25, 0.3) is 10.8 Å². The molecule has 4 aliphatic carbocycles. The van der Waals surface area contributed by atoms with Gasteiger partial charge in [-0.15, -0.1) is 0 Å². The molecular weight excluding hydrogens is 308 g/mol. The zero-order valence-electron chi connectivity index (χ0n) is 14.6. The number of anilines is 1. The molecule has 4 saturated carbocycles. The normalized spacial score (nSPS) is 32.7. The molecule has 0 aliphatic heterocycles. The van der Waals surface area contributed by atoms with Crippen LogP contribution >= 0.6 is 0 Å². The number of carbonyl (C=O) groups is 1. The smallest absolute Gasteiger partial charge is 0.319 e. The second kappa shape index (κ2) is 5.76. The molecule has 6 rings (SSSR count). The maximum atomic E-state index is 12.5. The molecule has 4 aliphatic rings. The van der Waals surface area contributed by atoms with E-state index in [2.05, 4.69) is 28.8 Å². The first kappa shape index (κ1) is 15.2. The summed E-state index contributed by atoms with van der Waals surface area (Å²) in [5, 5.41) is 8.52. The van der Waals surface area contributed by atoms with Gasteiger partial charge in [-0.2, -0.15) is 0 Å². The van der Waals surface area contributed by atoms with E-state index < -0.39 is 0 Å². The van der Waals surface area contributed by atoms with Crippen LogP contribution in [0.15, 0.2) is 42.5 Å². The summed E-state index contributed by atoms with van der Waals surface area (Å²) in [6, 6.07) is 14.2. The van der Waals surface area contributed by atoms with E-state index in [0.717, 1.165) is 40.8 Å². The van der Waals surface area contributed by atoms with Crippen LogP contribution in [-0.2, 0) is 0 Å². The topological polar surface area (TPSA) is 41.1 Å². The Kier molecular flexibility index (Phi) is 3.51. The van der Waals surface area contributed by atoms with E-state index in [1.165, 1.54) is 38.5 Å². The first-order valence-corrected chi connectivity index (χ1v) is 9.72. The van der Waals surface area contributed by atoms with E-state index in [-0.39, 0.29) is 6.03 Å². The van der Waals surface area contributed by atoms with Gasteiger partial charge in [-0.25, -0.2) is 4.79 Å². The number of hydrogen-bond acceptors (Lipinski definition) is 1. The quantitative estimate of drug-likeness (QED) is 0.798. The minimum Gasteiger partial charge on any atom is -0.337 e. The molecule has 3 heteroatoms. The van der Waals surface area contributed by atoms with E-state index in [0.29, 0.717) is 5.41 Å². The lowest BCUT2D eigenvalue weighted by Gasteiger charge is -2.56. The Morgan fingerprint density at radius 2 is 1.56 bits per heavy atom. The van der Waals surface area contributed by atoms with E-state index in [1.807, 2.05) is 24.3 Å². The van der Waals surface area contributed by atoms with Crippen molar-refractivity contribution in [1.29, 1.82) is 0 Å². The molecule has 4 bridgehead atoms. The monoisotopic (exact) mass is 334 g/mol. The summed E-state index contributed by atoms with van der Waals surface area (Å²) >= 11 is 0. The van der Waals surface area contributed by atoms with Crippen LogP contribution < -0.4 is 10.6 Å². The molecule has 0 aromatic heterocycles. The molecule has 0 unspecified atom stereocenters. The van der Waals surface area contributed by atoms with E-state index in [1.54, 1.807) is 0 Å². The van der Waals surface area contributed by atoms with Gasteiger partial charge in [0.2, 0.25) is 0 Å². The van der Waals surface area contributed by atoms with Gasteiger partial charge in [0.15, 0.2) is 0 Å². The van der Waals surface area contributed by atoms with Crippen LogP contribution in [0, 0.1) is 23.2 Å². The summed E-state index contributed by atoms with van der Waals surface area (Å²) in [6.45, 7) is 0.840. The highest BCUT2D eigenvalue weighted by atomic mass is 16.2. The second-order valence-corrected chi connectivity index (χ2v) is 8.75. The average molecular weight is 334 g/mol.